The molecule has 0 fully saturated rings. The van der Waals surface area contributed by atoms with E-state index in [-0.39, 0.29) is 5.54 Å². The number of benzene rings is 1. The van der Waals surface area contributed by atoms with Crippen LogP contribution in [0.1, 0.15) is 40.2 Å². The molecular formula is C15H24N2S. The maximum Gasteiger partial charge on any atom is 0.171 e. The van der Waals surface area contributed by atoms with Crippen LogP contribution in [0, 0.1) is 5.92 Å². The number of anilines is 1. The van der Waals surface area contributed by atoms with Gasteiger partial charge in [0.15, 0.2) is 5.11 Å². The van der Waals surface area contributed by atoms with Crippen LogP contribution in [0.4, 0.5) is 5.69 Å². The zero-order chi connectivity index (χ0) is 13.8. The Hall–Kier alpha value is -1.09. The van der Waals surface area contributed by atoms with E-state index in [0.717, 1.165) is 12.1 Å². The molecule has 0 aliphatic carbocycles. The molecule has 2 N–H and O–H groups in total. The van der Waals surface area contributed by atoms with Gasteiger partial charge in [0.25, 0.3) is 0 Å². The third kappa shape index (κ3) is 6.01. The Kier molecular flexibility index (Phi) is 5.15. The van der Waals surface area contributed by atoms with Crippen molar-refractivity contribution in [3.05, 3.63) is 29.8 Å². The molecule has 2 nitrogen and oxygen atoms in total. The Labute approximate surface area is 116 Å². The van der Waals surface area contributed by atoms with Crippen molar-refractivity contribution in [2.75, 3.05) is 5.32 Å². The second-order valence-corrected chi connectivity index (χ2v) is 6.53. The number of thiocarbonyl (C=S) groups is 1. The lowest BCUT2D eigenvalue weighted by atomic mass is 10.0. The predicted molar refractivity (Wildman–Crippen MR) is 84.1 cm³/mol. The Morgan fingerprint density at radius 3 is 2.17 bits per heavy atom. The summed E-state index contributed by atoms with van der Waals surface area (Å²) in [6.07, 6.45) is 1.12. The van der Waals surface area contributed by atoms with Crippen molar-refractivity contribution in [1.82, 2.24) is 5.32 Å². The largest absolute Gasteiger partial charge is 0.358 e. The first-order valence-corrected chi connectivity index (χ1v) is 6.85. The summed E-state index contributed by atoms with van der Waals surface area (Å²) in [5.41, 5.74) is 2.39. The molecule has 0 amide bonds. The second-order valence-electron chi connectivity index (χ2n) is 6.12. The van der Waals surface area contributed by atoms with Gasteiger partial charge in [-0.05, 0) is 63.0 Å². The van der Waals surface area contributed by atoms with E-state index in [2.05, 4.69) is 69.5 Å². The quantitative estimate of drug-likeness (QED) is 0.808. The summed E-state index contributed by atoms with van der Waals surface area (Å²) in [6, 6.07) is 8.47. The first kappa shape index (κ1) is 15.0. The fourth-order valence-corrected chi connectivity index (χ4v) is 2.12. The highest BCUT2D eigenvalue weighted by Crippen LogP contribution is 2.13. The van der Waals surface area contributed by atoms with Crippen LogP contribution in [-0.4, -0.2) is 10.7 Å². The zero-order valence-electron chi connectivity index (χ0n) is 12.0. The van der Waals surface area contributed by atoms with E-state index in [4.69, 9.17) is 12.2 Å². The van der Waals surface area contributed by atoms with Gasteiger partial charge in [-0.15, -0.1) is 0 Å². The van der Waals surface area contributed by atoms with Gasteiger partial charge in [-0.2, -0.15) is 0 Å². The SMILES string of the molecule is CC(C)Cc1ccc(NC(=S)NC(C)(C)C)cc1. The molecule has 0 radical (unpaired) electrons. The maximum absolute atomic E-state index is 5.26. The minimum atomic E-state index is -0.0122. The lowest BCUT2D eigenvalue weighted by Crippen LogP contribution is -2.42. The summed E-state index contributed by atoms with van der Waals surface area (Å²) in [5, 5.41) is 7.10. The predicted octanol–water partition coefficient (Wildman–Crippen LogP) is 3.97. The third-order valence-corrected chi connectivity index (χ3v) is 2.55. The molecule has 0 saturated heterocycles. The van der Waals surface area contributed by atoms with E-state index in [0.29, 0.717) is 11.0 Å². The summed E-state index contributed by atoms with van der Waals surface area (Å²) in [5.74, 6) is 0.687. The first-order valence-electron chi connectivity index (χ1n) is 6.44. The number of hydrogen-bond acceptors (Lipinski definition) is 1. The van der Waals surface area contributed by atoms with Crippen LogP contribution >= 0.6 is 12.2 Å². The van der Waals surface area contributed by atoms with Crippen molar-refractivity contribution in [3.8, 4) is 0 Å². The maximum atomic E-state index is 5.26. The molecule has 0 aromatic heterocycles. The third-order valence-electron chi connectivity index (χ3n) is 2.34. The summed E-state index contributed by atoms with van der Waals surface area (Å²) in [6.45, 7) is 10.7. The smallest absolute Gasteiger partial charge is 0.171 e. The van der Waals surface area contributed by atoms with Crippen LogP contribution < -0.4 is 10.6 Å². The van der Waals surface area contributed by atoms with Crippen molar-refractivity contribution in [1.29, 1.82) is 0 Å². The second kappa shape index (κ2) is 6.19. The number of hydrogen-bond donors (Lipinski definition) is 2. The van der Waals surface area contributed by atoms with Gasteiger partial charge >= 0.3 is 0 Å². The standard InChI is InChI=1S/C15H24N2S/c1-11(2)10-12-6-8-13(9-7-12)16-14(18)17-15(3,4)5/h6-9,11H,10H2,1-5H3,(H2,16,17,18). The van der Waals surface area contributed by atoms with E-state index in [9.17, 15) is 0 Å². The number of rotatable bonds is 3. The average molecular weight is 264 g/mol. The molecule has 0 heterocycles. The molecule has 0 saturated carbocycles. The van der Waals surface area contributed by atoms with Crippen molar-refractivity contribution in [3.63, 3.8) is 0 Å². The van der Waals surface area contributed by atoms with E-state index in [1.165, 1.54) is 5.56 Å². The molecule has 18 heavy (non-hydrogen) atoms. The summed E-state index contributed by atoms with van der Waals surface area (Å²) < 4.78 is 0. The van der Waals surface area contributed by atoms with E-state index in [1.807, 2.05) is 0 Å². The zero-order valence-corrected chi connectivity index (χ0v) is 12.8. The fourth-order valence-electron chi connectivity index (χ4n) is 1.70. The molecule has 1 aromatic rings. The van der Waals surface area contributed by atoms with Crippen LogP contribution in [0.2, 0.25) is 0 Å². The Morgan fingerprint density at radius 2 is 1.72 bits per heavy atom. The fraction of sp³-hybridized carbons (Fsp3) is 0.533. The van der Waals surface area contributed by atoms with Gasteiger partial charge in [0.1, 0.15) is 0 Å². The molecule has 0 bridgehead atoms. The van der Waals surface area contributed by atoms with E-state index >= 15 is 0 Å². The van der Waals surface area contributed by atoms with E-state index < -0.39 is 0 Å². The molecule has 3 heteroatoms. The topological polar surface area (TPSA) is 24.1 Å². The molecule has 100 valence electrons. The minimum Gasteiger partial charge on any atom is -0.358 e. The lowest BCUT2D eigenvalue weighted by molar-refractivity contribution is 0.515. The van der Waals surface area contributed by atoms with Gasteiger partial charge in [-0.25, -0.2) is 0 Å². The van der Waals surface area contributed by atoms with Crippen LogP contribution in [0.5, 0.6) is 0 Å². The van der Waals surface area contributed by atoms with Crippen LogP contribution in [-0.2, 0) is 6.42 Å². The Balaban J connectivity index is 2.56. The van der Waals surface area contributed by atoms with E-state index in [1.54, 1.807) is 0 Å². The molecule has 1 rings (SSSR count). The average Bonchev–Trinajstić information content (AvgIpc) is 2.17. The highest BCUT2D eigenvalue weighted by molar-refractivity contribution is 7.80. The van der Waals surface area contributed by atoms with Crippen molar-refractivity contribution >= 4 is 23.0 Å². The highest BCUT2D eigenvalue weighted by atomic mass is 32.1. The van der Waals surface area contributed by atoms with Crippen LogP contribution in [0.3, 0.4) is 0 Å². The minimum absolute atomic E-state index is 0.0122. The highest BCUT2D eigenvalue weighted by Gasteiger charge is 2.10. The summed E-state index contributed by atoms with van der Waals surface area (Å²) >= 11 is 5.26. The molecule has 1 aromatic carbocycles. The van der Waals surface area contributed by atoms with Gasteiger partial charge in [0.2, 0.25) is 0 Å². The molecule has 0 atom stereocenters. The molecule has 0 spiro atoms. The molecule has 0 aliphatic rings. The normalized spacial score (nSPS) is 11.4. The summed E-state index contributed by atoms with van der Waals surface area (Å²) in [4.78, 5) is 0. The monoisotopic (exact) mass is 264 g/mol. The molecule has 0 unspecified atom stereocenters. The van der Waals surface area contributed by atoms with Gasteiger partial charge in [0, 0.05) is 11.2 Å². The van der Waals surface area contributed by atoms with Gasteiger partial charge in [-0.3, -0.25) is 0 Å². The van der Waals surface area contributed by atoms with Crippen molar-refractivity contribution in [2.45, 2.75) is 46.6 Å². The van der Waals surface area contributed by atoms with Crippen LogP contribution in [0.15, 0.2) is 24.3 Å². The molecular weight excluding hydrogens is 240 g/mol. The van der Waals surface area contributed by atoms with Crippen molar-refractivity contribution < 1.29 is 0 Å². The molecule has 0 aliphatic heterocycles. The Bertz CT molecular complexity index is 388. The summed E-state index contributed by atoms with van der Waals surface area (Å²) in [7, 11) is 0. The van der Waals surface area contributed by atoms with Gasteiger partial charge in [-0.1, -0.05) is 26.0 Å². The number of nitrogens with one attached hydrogen (secondary N) is 2. The van der Waals surface area contributed by atoms with Crippen molar-refractivity contribution in [2.24, 2.45) is 5.92 Å². The van der Waals surface area contributed by atoms with Gasteiger partial charge in [0.05, 0.1) is 0 Å². The lowest BCUT2D eigenvalue weighted by Gasteiger charge is -2.23. The van der Waals surface area contributed by atoms with Gasteiger partial charge < -0.3 is 10.6 Å². The Morgan fingerprint density at radius 1 is 1.17 bits per heavy atom. The van der Waals surface area contributed by atoms with Crippen LogP contribution in [0.25, 0.3) is 0 Å². The first-order chi connectivity index (χ1) is 8.26.